The fourth-order valence-electron chi connectivity index (χ4n) is 7.10. The minimum Gasteiger partial charge on any atom is -0.462 e. The second-order valence-electron chi connectivity index (χ2n) is 17.2. The molecule has 0 N–H and O–H groups in total. The third-order valence-corrected chi connectivity index (χ3v) is 11.0. The Balaban J connectivity index is 4.49. The van der Waals surface area contributed by atoms with Crippen molar-refractivity contribution in [2.45, 2.75) is 245 Å². The van der Waals surface area contributed by atoms with Crippen molar-refractivity contribution in [2.75, 3.05) is 13.2 Å². The first kappa shape index (κ1) is 59.6. The van der Waals surface area contributed by atoms with Gasteiger partial charge in [-0.25, -0.2) is 0 Å². The number of hydrogen-bond donors (Lipinski definition) is 0. The summed E-state index contributed by atoms with van der Waals surface area (Å²) in [6, 6.07) is 0. The van der Waals surface area contributed by atoms with Crippen molar-refractivity contribution in [1.29, 1.82) is 0 Å². The van der Waals surface area contributed by atoms with Crippen LogP contribution in [0, 0.1) is 0 Å². The second kappa shape index (κ2) is 51.2. The Hall–Kier alpha value is -3.41. The highest BCUT2D eigenvalue weighted by molar-refractivity contribution is 5.71. The van der Waals surface area contributed by atoms with E-state index in [9.17, 15) is 14.4 Å². The first-order valence-corrected chi connectivity index (χ1v) is 26.2. The largest absolute Gasteiger partial charge is 0.462 e. The highest BCUT2D eigenvalue weighted by Crippen LogP contribution is 2.15. The lowest BCUT2D eigenvalue weighted by atomic mass is 10.0. The lowest BCUT2D eigenvalue weighted by Crippen LogP contribution is -2.30. The third kappa shape index (κ3) is 49.5. The van der Waals surface area contributed by atoms with Gasteiger partial charge < -0.3 is 14.2 Å². The fraction of sp³-hybridized carbons (Fsp3) is 0.702. The molecule has 0 aromatic rings. The zero-order chi connectivity index (χ0) is 45.8. The number of esters is 3. The maximum absolute atomic E-state index is 12.8. The van der Waals surface area contributed by atoms with E-state index in [1.54, 1.807) is 0 Å². The Labute approximate surface area is 388 Å². The molecule has 0 spiro atoms. The van der Waals surface area contributed by atoms with Crippen LogP contribution in [0.5, 0.6) is 0 Å². The molecule has 0 saturated heterocycles. The van der Waals surface area contributed by atoms with Crippen molar-refractivity contribution in [1.82, 2.24) is 0 Å². The molecular weight excluding hydrogens is 781 g/mol. The second-order valence-corrected chi connectivity index (χ2v) is 17.2. The van der Waals surface area contributed by atoms with Gasteiger partial charge in [0.25, 0.3) is 0 Å². The van der Waals surface area contributed by atoms with Crippen LogP contribution in [0.1, 0.15) is 239 Å². The number of carbonyl (C=O) groups is 3. The van der Waals surface area contributed by atoms with E-state index in [1.807, 2.05) is 54.7 Å². The lowest BCUT2D eigenvalue weighted by Gasteiger charge is -2.18. The van der Waals surface area contributed by atoms with Gasteiger partial charge in [-0.05, 0) is 57.8 Å². The molecule has 63 heavy (non-hydrogen) atoms. The maximum Gasteiger partial charge on any atom is 0.306 e. The number of hydrogen-bond acceptors (Lipinski definition) is 6. The molecule has 0 aromatic carbocycles. The average molecular weight is 877 g/mol. The predicted octanol–water partition coefficient (Wildman–Crippen LogP) is 17.2. The number of rotatable bonds is 46. The Morgan fingerprint density at radius 1 is 0.349 bits per heavy atom. The zero-order valence-corrected chi connectivity index (χ0v) is 41.1. The van der Waals surface area contributed by atoms with E-state index in [-0.39, 0.29) is 44.0 Å². The highest BCUT2D eigenvalue weighted by atomic mass is 16.6. The molecule has 0 fully saturated rings. The minimum absolute atomic E-state index is 0.110. The molecule has 0 heterocycles. The lowest BCUT2D eigenvalue weighted by molar-refractivity contribution is -0.166. The molecule has 0 saturated carbocycles. The van der Waals surface area contributed by atoms with E-state index >= 15 is 0 Å². The molecular formula is C57H96O6. The predicted molar refractivity (Wildman–Crippen MR) is 270 cm³/mol. The number of carbonyl (C=O) groups excluding carboxylic acids is 3. The molecule has 6 nitrogen and oxygen atoms in total. The summed E-state index contributed by atoms with van der Waals surface area (Å²) < 4.78 is 16.7. The van der Waals surface area contributed by atoms with Gasteiger partial charge in [-0.3, -0.25) is 14.4 Å². The number of allylic oxidation sites excluding steroid dienone is 14. The molecule has 0 aromatic heterocycles. The van der Waals surface area contributed by atoms with Gasteiger partial charge in [0.05, 0.1) is 0 Å². The smallest absolute Gasteiger partial charge is 0.306 e. The van der Waals surface area contributed by atoms with E-state index in [2.05, 4.69) is 51.2 Å². The quantitative estimate of drug-likeness (QED) is 0.0199. The highest BCUT2D eigenvalue weighted by Gasteiger charge is 2.19. The average Bonchev–Trinajstić information content (AvgIpc) is 3.28. The maximum atomic E-state index is 12.8. The van der Waals surface area contributed by atoms with Gasteiger partial charge in [0.2, 0.25) is 0 Å². The summed E-state index contributed by atoms with van der Waals surface area (Å²) in [5, 5.41) is 0. The summed E-state index contributed by atoms with van der Waals surface area (Å²) in [4.78, 5) is 37.9. The van der Waals surface area contributed by atoms with Crippen LogP contribution in [-0.4, -0.2) is 37.2 Å². The molecule has 0 amide bonds. The normalized spacial score (nSPS) is 12.7. The molecule has 0 aliphatic carbocycles. The van der Waals surface area contributed by atoms with Crippen LogP contribution in [0.4, 0.5) is 0 Å². The van der Waals surface area contributed by atoms with E-state index < -0.39 is 6.10 Å². The first-order valence-electron chi connectivity index (χ1n) is 26.2. The summed E-state index contributed by atoms with van der Waals surface area (Å²) >= 11 is 0. The van der Waals surface area contributed by atoms with Gasteiger partial charge in [0.15, 0.2) is 6.10 Å². The van der Waals surface area contributed by atoms with Gasteiger partial charge in [-0.15, -0.1) is 0 Å². The van der Waals surface area contributed by atoms with Gasteiger partial charge >= 0.3 is 17.9 Å². The van der Waals surface area contributed by atoms with E-state index in [1.165, 1.54) is 128 Å². The SMILES string of the molecule is CC/C=C/C=C/C=C/C=C/C=C/CCCCCC(=O)OC(COC(=O)CC/C=C/C/C=C/CCCCCCCC)COC(=O)CCCCCCCCCCCCCCCCCCC. The molecule has 0 aliphatic heterocycles. The summed E-state index contributed by atoms with van der Waals surface area (Å²) in [5.41, 5.74) is 0. The van der Waals surface area contributed by atoms with Crippen LogP contribution in [0.3, 0.4) is 0 Å². The molecule has 0 radical (unpaired) electrons. The Morgan fingerprint density at radius 3 is 1.21 bits per heavy atom. The van der Waals surface area contributed by atoms with Gasteiger partial charge in [-0.1, -0.05) is 247 Å². The van der Waals surface area contributed by atoms with E-state index in [0.29, 0.717) is 19.3 Å². The van der Waals surface area contributed by atoms with Crippen molar-refractivity contribution in [3.63, 3.8) is 0 Å². The Kier molecular flexibility index (Phi) is 48.5. The number of ether oxygens (including phenoxy) is 3. The molecule has 1 atom stereocenters. The summed E-state index contributed by atoms with van der Waals surface area (Å²) in [7, 11) is 0. The fourth-order valence-corrected chi connectivity index (χ4v) is 7.10. The monoisotopic (exact) mass is 877 g/mol. The van der Waals surface area contributed by atoms with Crippen LogP contribution in [0.25, 0.3) is 0 Å². The molecule has 360 valence electrons. The standard InChI is InChI=1S/C57H96O6/c1-4-7-10-13-16-19-22-25-27-28-30-32-35-38-41-44-47-50-56(59)62-53-54(52-61-55(58)49-46-43-40-37-34-31-24-21-18-15-12-9-6-3)63-57(60)51-48-45-42-39-36-33-29-26-23-20-17-14-11-8-5-2/h8,11,14,17,20,23,26,29,31,33-34,36,40,43,54H,4-7,9-10,12-13,15-16,18-19,21-22,24-25,27-28,30,32,35,37-39,41-42,44-53H2,1-3H3/b11-8+,17-14+,23-20+,29-26+,34-31+,36-33+,43-40+. The van der Waals surface area contributed by atoms with Gasteiger partial charge in [0.1, 0.15) is 13.2 Å². The molecule has 0 aliphatic rings. The molecule has 1 unspecified atom stereocenters. The van der Waals surface area contributed by atoms with Crippen molar-refractivity contribution in [3.05, 3.63) is 85.1 Å². The summed E-state index contributed by atoms with van der Waals surface area (Å²) in [6.07, 6.45) is 65.8. The Morgan fingerprint density at radius 2 is 0.714 bits per heavy atom. The summed E-state index contributed by atoms with van der Waals surface area (Å²) in [5.74, 6) is -1.02. The first-order chi connectivity index (χ1) is 31.0. The van der Waals surface area contributed by atoms with Crippen molar-refractivity contribution in [2.24, 2.45) is 0 Å². The number of unbranched alkanes of at least 4 members (excludes halogenated alkanes) is 25. The van der Waals surface area contributed by atoms with Crippen LogP contribution in [-0.2, 0) is 28.6 Å². The van der Waals surface area contributed by atoms with Crippen molar-refractivity contribution in [3.8, 4) is 0 Å². The topological polar surface area (TPSA) is 78.9 Å². The summed E-state index contributed by atoms with van der Waals surface area (Å²) in [6.45, 7) is 6.40. The van der Waals surface area contributed by atoms with E-state index in [4.69, 9.17) is 14.2 Å². The van der Waals surface area contributed by atoms with Crippen molar-refractivity contribution >= 4 is 17.9 Å². The molecule has 6 heteroatoms. The van der Waals surface area contributed by atoms with E-state index in [0.717, 1.165) is 57.8 Å². The molecule has 0 bridgehead atoms. The van der Waals surface area contributed by atoms with Gasteiger partial charge in [0, 0.05) is 19.3 Å². The van der Waals surface area contributed by atoms with Gasteiger partial charge in [-0.2, -0.15) is 0 Å². The van der Waals surface area contributed by atoms with Crippen LogP contribution >= 0.6 is 0 Å². The van der Waals surface area contributed by atoms with Crippen LogP contribution in [0.2, 0.25) is 0 Å². The zero-order valence-electron chi connectivity index (χ0n) is 41.1. The minimum atomic E-state index is -0.819. The van der Waals surface area contributed by atoms with Crippen molar-refractivity contribution < 1.29 is 28.6 Å². The third-order valence-electron chi connectivity index (χ3n) is 11.0. The van der Waals surface area contributed by atoms with Crippen LogP contribution < -0.4 is 0 Å². The molecule has 0 rings (SSSR count). The Bertz CT molecular complexity index is 1240. The van der Waals surface area contributed by atoms with Crippen LogP contribution in [0.15, 0.2) is 85.1 Å².